The van der Waals surface area contributed by atoms with Crippen LogP contribution in [0.2, 0.25) is 5.02 Å². The molecule has 0 spiro atoms. The molecule has 0 radical (unpaired) electrons. The summed E-state index contributed by atoms with van der Waals surface area (Å²) < 4.78 is 0. The number of halogens is 1. The molecule has 1 aliphatic carbocycles. The third-order valence-electron chi connectivity index (χ3n) is 3.73. The Kier molecular flexibility index (Phi) is 5.23. The molecule has 19 heavy (non-hydrogen) atoms. The summed E-state index contributed by atoms with van der Waals surface area (Å²) >= 11 is 6.09. The van der Waals surface area contributed by atoms with Gasteiger partial charge in [-0.15, -0.1) is 0 Å². The highest BCUT2D eigenvalue weighted by Crippen LogP contribution is 2.24. The number of amides is 1. The van der Waals surface area contributed by atoms with Gasteiger partial charge >= 0.3 is 0 Å². The van der Waals surface area contributed by atoms with Gasteiger partial charge in [0.05, 0.1) is 13.0 Å². The molecule has 2 rings (SSSR count). The van der Waals surface area contributed by atoms with Crippen molar-refractivity contribution in [1.29, 1.82) is 0 Å². The first kappa shape index (κ1) is 14.4. The van der Waals surface area contributed by atoms with Gasteiger partial charge in [-0.1, -0.05) is 42.6 Å². The normalized spacial score (nSPS) is 15.7. The van der Waals surface area contributed by atoms with Gasteiger partial charge in [0.1, 0.15) is 0 Å². The first-order valence-electron chi connectivity index (χ1n) is 6.86. The lowest BCUT2D eigenvalue weighted by Gasteiger charge is -2.28. The van der Waals surface area contributed by atoms with Crippen LogP contribution in [0.4, 0.5) is 0 Å². The third kappa shape index (κ3) is 3.71. The van der Waals surface area contributed by atoms with Gasteiger partial charge in [-0.2, -0.15) is 0 Å². The molecule has 1 amide bonds. The fourth-order valence-corrected chi connectivity index (χ4v) is 2.94. The molecule has 0 saturated heterocycles. The Bertz CT molecular complexity index is 430. The van der Waals surface area contributed by atoms with Crippen LogP contribution in [0.15, 0.2) is 24.3 Å². The van der Waals surface area contributed by atoms with E-state index in [0.29, 0.717) is 24.0 Å². The molecule has 0 aromatic heterocycles. The van der Waals surface area contributed by atoms with Gasteiger partial charge in [0, 0.05) is 17.6 Å². The summed E-state index contributed by atoms with van der Waals surface area (Å²) in [6, 6.07) is 7.73. The van der Waals surface area contributed by atoms with Gasteiger partial charge in [-0.05, 0) is 24.5 Å². The van der Waals surface area contributed by atoms with E-state index in [4.69, 9.17) is 16.7 Å². The zero-order valence-electron chi connectivity index (χ0n) is 11.0. The van der Waals surface area contributed by atoms with Crippen LogP contribution >= 0.6 is 11.6 Å². The number of aliphatic hydroxyl groups excluding tert-OH is 1. The molecule has 1 N–H and O–H groups in total. The topological polar surface area (TPSA) is 40.5 Å². The van der Waals surface area contributed by atoms with Crippen molar-refractivity contribution in [2.24, 2.45) is 0 Å². The van der Waals surface area contributed by atoms with Crippen LogP contribution in [0.3, 0.4) is 0 Å². The van der Waals surface area contributed by atoms with Crippen LogP contribution in [0.25, 0.3) is 0 Å². The van der Waals surface area contributed by atoms with E-state index in [2.05, 4.69) is 0 Å². The van der Waals surface area contributed by atoms with Crippen molar-refractivity contribution >= 4 is 17.5 Å². The monoisotopic (exact) mass is 281 g/mol. The maximum Gasteiger partial charge on any atom is 0.227 e. The van der Waals surface area contributed by atoms with Crippen molar-refractivity contribution in [3.63, 3.8) is 0 Å². The van der Waals surface area contributed by atoms with Crippen LogP contribution in [-0.2, 0) is 11.2 Å². The fraction of sp³-hybridized carbons (Fsp3) is 0.533. The molecule has 0 bridgehead atoms. The highest BCUT2D eigenvalue weighted by Gasteiger charge is 2.26. The fourth-order valence-electron chi connectivity index (χ4n) is 2.74. The van der Waals surface area contributed by atoms with Crippen LogP contribution in [0.1, 0.15) is 31.2 Å². The predicted molar refractivity (Wildman–Crippen MR) is 76.2 cm³/mol. The van der Waals surface area contributed by atoms with E-state index in [-0.39, 0.29) is 12.5 Å². The maximum absolute atomic E-state index is 12.4. The first-order valence-corrected chi connectivity index (χ1v) is 7.24. The predicted octanol–water partition coefficient (Wildman–Crippen LogP) is 2.65. The molecule has 1 aromatic carbocycles. The largest absolute Gasteiger partial charge is 0.395 e. The van der Waals surface area contributed by atoms with E-state index < -0.39 is 0 Å². The molecular weight excluding hydrogens is 262 g/mol. The smallest absolute Gasteiger partial charge is 0.227 e. The van der Waals surface area contributed by atoms with Crippen LogP contribution in [0.5, 0.6) is 0 Å². The molecule has 1 aliphatic rings. The van der Waals surface area contributed by atoms with Gasteiger partial charge < -0.3 is 10.0 Å². The van der Waals surface area contributed by atoms with Gasteiger partial charge in [-0.3, -0.25) is 4.79 Å². The molecule has 1 saturated carbocycles. The molecule has 0 unspecified atom stereocenters. The Balaban J connectivity index is 2.05. The van der Waals surface area contributed by atoms with Crippen molar-refractivity contribution in [2.45, 2.75) is 38.1 Å². The zero-order chi connectivity index (χ0) is 13.7. The standard InChI is InChI=1S/C15H20ClNO2/c16-14-8-4-1-5-12(14)11-15(19)17(9-10-18)13-6-2-3-7-13/h1,4-5,8,13,18H,2-3,6-7,9-11H2. The van der Waals surface area contributed by atoms with E-state index >= 15 is 0 Å². The van der Waals surface area contributed by atoms with Crippen LogP contribution in [0, 0.1) is 0 Å². The number of nitrogens with zero attached hydrogens (tertiary/aromatic N) is 1. The van der Waals surface area contributed by atoms with Gasteiger partial charge in [0.25, 0.3) is 0 Å². The van der Waals surface area contributed by atoms with E-state index in [1.165, 1.54) is 12.8 Å². The summed E-state index contributed by atoms with van der Waals surface area (Å²) in [5, 5.41) is 9.78. The molecule has 0 heterocycles. The summed E-state index contributed by atoms with van der Waals surface area (Å²) in [6.45, 7) is 0.443. The number of carbonyl (C=O) groups excluding carboxylic acids is 1. The van der Waals surface area contributed by atoms with Crippen molar-refractivity contribution in [1.82, 2.24) is 4.90 Å². The van der Waals surface area contributed by atoms with E-state index in [9.17, 15) is 4.79 Å². The lowest BCUT2D eigenvalue weighted by molar-refractivity contribution is -0.133. The van der Waals surface area contributed by atoms with E-state index in [1.807, 2.05) is 23.1 Å². The highest BCUT2D eigenvalue weighted by molar-refractivity contribution is 6.31. The SMILES string of the molecule is O=C(Cc1ccccc1Cl)N(CCO)C1CCCC1. The molecule has 0 aliphatic heterocycles. The van der Waals surface area contributed by atoms with Crippen molar-refractivity contribution in [3.05, 3.63) is 34.9 Å². The molecule has 4 heteroatoms. The number of hydrogen-bond acceptors (Lipinski definition) is 2. The Morgan fingerprint density at radius 1 is 1.32 bits per heavy atom. The van der Waals surface area contributed by atoms with Gasteiger partial charge in [0.15, 0.2) is 0 Å². The number of aliphatic hydroxyl groups is 1. The molecular formula is C15H20ClNO2. The Morgan fingerprint density at radius 2 is 2.00 bits per heavy atom. The van der Waals surface area contributed by atoms with Crippen LogP contribution < -0.4 is 0 Å². The second kappa shape index (κ2) is 6.92. The van der Waals surface area contributed by atoms with E-state index in [0.717, 1.165) is 18.4 Å². The van der Waals surface area contributed by atoms with Crippen molar-refractivity contribution in [3.8, 4) is 0 Å². The van der Waals surface area contributed by atoms with Crippen molar-refractivity contribution in [2.75, 3.05) is 13.2 Å². The Labute approximate surface area is 119 Å². The van der Waals surface area contributed by atoms with E-state index in [1.54, 1.807) is 6.07 Å². The minimum atomic E-state index is 0.0186. The van der Waals surface area contributed by atoms with Crippen molar-refractivity contribution < 1.29 is 9.90 Å². The number of rotatable bonds is 5. The maximum atomic E-state index is 12.4. The highest BCUT2D eigenvalue weighted by atomic mass is 35.5. The average Bonchev–Trinajstić information content (AvgIpc) is 2.92. The summed E-state index contributed by atoms with van der Waals surface area (Å²) in [5.74, 6) is 0.0639. The molecule has 1 aromatic rings. The number of benzene rings is 1. The Hall–Kier alpha value is -1.06. The van der Waals surface area contributed by atoms with Gasteiger partial charge in [0.2, 0.25) is 5.91 Å². The second-order valence-corrected chi connectivity index (χ2v) is 5.42. The molecule has 1 fully saturated rings. The molecule has 104 valence electrons. The second-order valence-electron chi connectivity index (χ2n) is 5.02. The van der Waals surface area contributed by atoms with Gasteiger partial charge in [-0.25, -0.2) is 0 Å². The Morgan fingerprint density at radius 3 is 2.63 bits per heavy atom. The molecule has 0 atom stereocenters. The lowest BCUT2D eigenvalue weighted by atomic mass is 10.1. The third-order valence-corrected chi connectivity index (χ3v) is 4.09. The first-order chi connectivity index (χ1) is 9.22. The molecule has 3 nitrogen and oxygen atoms in total. The minimum absolute atomic E-state index is 0.0186. The minimum Gasteiger partial charge on any atom is -0.395 e. The van der Waals surface area contributed by atoms with Crippen LogP contribution in [-0.4, -0.2) is 35.1 Å². The summed E-state index contributed by atoms with van der Waals surface area (Å²) in [6.07, 6.45) is 4.76. The number of carbonyl (C=O) groups is 1. The number of hydrogen-bond donors (Lipinski definition) is 1. The summed E-state index contributed by atoms with van der Waals surface area (Å²) in [4.78, 5) is 14.2. The average molecular weight is 282 g/mol. The summed E-state index contributed by atoms with van der Waals surface area (Å²) in [5.41, 5.74) is 0.857. The zero-order valence-corrected chi connectivity index (χ0v) is 11.8. The summed E-state index contributed by atoms with van der Waals surface area (Å²) in [7, 11) is 0. The lowest BCUT2D eigenvalue weighted by Crippen LogP contribution is -2.41. The quantitative estimate of drug-likeness (QED) is 0.901.